The van der Waals surface area contributed by atoms with Crippen molar-refractivity contribution in [3.8, 4) is 0 Å². The van der Waals surface area contributed by atoms with Gasteiger partial charge < -0.3 is 9.84 Å². The molecule has 0 aliphatic carbocycles. The molecule has 0 bridgehead atoms. The zero-order valence-corrected chi connectivity index (χ0v) is 9.82. The first-order valence-electron chi connectivity index (χ1n) is 5.48. The maximum absolute atomic E-state index is 11.2. The number of ether oxygens (including phenoxy) is 1. The predicted octanol–water partition coefficient (Wildman–Crippen LogP) is 1.21. The van der Waals surface area contributed by atoms with Gasteiger partial charge in [-0.3, -0.25) is 9.69 Å². The Labute approximate surface area is 91.2 Å². The molecule has 0 saturated carbocycles. The van der Waals surface area contributed by atoms with Crippen molar-refractivity contribution in [1.29, 1.82) is 0 Å². The van der Waals surface area contributed by atoms with Crippen LogP contribution in [-0.4, -0.2) is 48.3 Å². The summed E-state index contributed by atoms with van der Waals surface area (Å²) in [5.74, 6) is -0.323. The van der Waals surface area contributed by atoms with E-state index < -0.39 is 11.5 Å². The van der Waals surface area contributed by atoms with Gasteiger partial charge in [0.15, 0.2) is 0 Å². The van der Waals surface area contributed by atoms with Gasteiger partial charge in [0.05, 0.1) is 0 Å². The first kappa shape index (κ1) is 12.5. The monoisotopic (exact) mass is 215 g/mol. The van der Waals surface area contributed by atoms with E-state index in [4.69, 9.17) is 4.74 Å². The van der Waals surface area contributed by atoms with Gasteiger partial charge in [0, 0.05) is 20.3 Å². The van der Waals surface area contributed by atoms with Crippen LogP contribution >= 0.6 is 0 Å². The molecular formula is C11H21NO3. The van der Waals surface area contributed by atoms with Gasteiger partial charge in [-0.1, -0.05) is 6.92 Å². The standard InChI is InChI=1S/C11H21NO3/c1-9(8-15-3)7-12-6-4-5-11(12,2)10(13)14/h9H,4-8H2,1-3H3,(H,13,14). The van der Waals surface area contributed by atoms with Crippen molar-refractivity contribution in [2.75, 3.05) is 26.8 Å². The minimum Gasteiger partial charge on any atom is -0.480 e. The lowest BCUT2D eigenvalue weighted by molar-refractivity contribution is -0.149. The van der Waals surface area contributed by atoms with Crippen LogP contribution in [0.1, 0.15) is 26.7 Å². The number of carbonyl (C=O) groups is 1. The summed E-state index contributed by atoms with van der Waals surface area (Å²) in [7, 11) is 1.68. The molecule has 1 fully saturated rings. The maximum Gasteiger partial charge on any atom is 0.323 e. The van der Waals surface area contributed by atoms with E-state index in [1.165, 1.54) is 0 Å². The predicted molar refractivity (Wildman–Crippen MR) is 57.9 cm³/mol. The molecule has 0 aromatic carbocycles. The second-order valence-electron chi connectivity index (χ2n) is 4.69. The molecule has 1 aliphatic rings. The van der Waals surface area contributed by atoms with Crippen LogP contribution in [0.25, 0.3) is 0 Å². The Bertz CT molecular complexity index is 232. The van der Waals surface area contributed by atoms with Gasteiger partial charge in [-0.25, -0.2) is 0 Å². The Hall–Kier alpha value is -0.610. The molecule has 1 aliphatic heterocycles. The zero-order chi connectivity index (χ0) is 11.5. The second-order valence-corrected chi connectivity index (χ2v) is 4.69. The highest BCUT2D eigenvalue weighted by molar-refractivity contribution is 5.78. The van der Waals surface area contributed by atoms with Gasteiger partial charge in [-0.2, -0.15) is 0 Å². The molecule has 88 valence electrons. The number of likely N-dealkylation sites (tertiary alicyclic amines) is 1. The van der Waals surface area contributed by atoms with Gasteiger partial charge in [0.1, 0.15) is 5.54 Å². The molecule has 0 aromatic heterocycles. The molecule has 1 N–H and O–H groups in total. The van der Waals surface area contributed by atoms with Crippen LogP contribution < -0.4 is 0 Å². The first-order valence-corrected chi connectivity index (χ1v) is 5.48. The Morgan fingerprint density at radius 1 is 1.67 bits per heavy atom. The van der Waals surface area contributed by atoms with Crippen molar-refractivity contribution in [1.82, 2.24) is 4.90 Å². The molecule has 1 saturated heterocycles. The fraction of sp³-hybridized carbons (Fsp3) is 0.909. The fourth-order valence-corrected chi connectivity index (χ4v) is 2.27. The maximum atomic E-state index is 11.2. The van der Waals surface area contributed by atoms with E-state index in [1.54, 1.807) is 7.11 Å². The number of aliphatic carboxylic acids is 1. The van der Waals surface area contributed by atoms with E-state index in [-0.39, 0.29) is 0 Å². The number of hydrogen-bond acceptors (Lipinski definition) is 3. The van der Waals surface area contributed by atoms with Crippen molar-refractivity contribution in [3.05, 3.63) is 0 Å². The van der Waals surface area contributed by atoms with Gasteiger partial charge >= 0.3 is 5.97 Å². The minimum atomic E-state index is -0.704. The highest BCUT2D eigenvalue weighted by Gasteiger charge is 2.43. The number of methoxy groups -OCH3 is 1. The van der Waals surface area contributed by atoms with E-state index >= 15 is 0 Å². The van der Waals surface area contributed by atoms with E-state index in [0.29, 0.717) is 12.5 Å². The normalized spacial score (nSPS) is 29.3. The second kappa shape index (κ2) is 4.94. The summed E-state index contributed by atoms with van der Waals surface area (Å²) in [5, 5.41) is 9.21. The lowest BCUT2D eigenvalue weighted by Gasteiger charge is -2.32. The number of nitrogens with zero attached hydrogens (tertiary/aromatic N) is 1. The lowest BCUT2D eigenvalue weighted by atomic mass is 9.98. The molecule has 1 rings (SSSR count). The fourth-order valence-electron chi connectivity index (χ4n) is 2.27. The SMILES string of the molecule is COCC(C)CN1CCCC1(C)C(=O)O. The topological polar surface area (TPSA) is 49.8 Å². The molecule has 0 amide bonds. The van der Waals surface area contributed by atoms with Gasteiger partial charge in [-0.15, -0.1) is 0 Å². The van der Waals surface area contributed by atoms with Gasteiger partial charge in [0.2, 0.25) is 0 Å². The zero-order valence-electron chi connectivity index (χ0n) is 9.82. The molecule has 15 heavy (non-hydrogen) atoms. The van der Waals surface area contributed by atoms with Crippen LogP contribution in [0.2, 0.25) is 0 Å². The van der Waals surface area contributed by atoms with E-state index in [2.05, 4.69) is 11.8 Å². The summed E-state index contributed by atoms with van der Waals surface area (Å²) in [5.41, 5.74) is -0.665. The summed E-state index contributed by atoms with van der Waals surface area (Å²) in [6, 6.07) is 0. The average molecular weight is 215 g/mol. The molecule has 4 nitrogen and oxygen atoms in total. The number of rotatable bonds is 5. The van der Waals surface area contributed by atoms with E-state index in [9.17, 15) is 9.90 Å². The van der Waals surface area contributed by atoms with Crippen LogP contribution in [0.15, 0.2) is 0 Å². The molecule has 2 unspecified atom stereocenters. The number of hydrogen-bond donors (Lipinski definition) is 1. The highest BCUT2D eigenvalue weighted by atomic mass is 16.5. The van der Waals surface area contributed by atoms with Crippen LogP contribution in [0.4, 0.5) is 0 Å². The van der Waals surface area contributed by atoms with Gasteiger partial charge in [-0.05, 0) is 32.2 Å². The van der Waals surface area contributed by atoms with Crippen molar-refractivity contribution >= 4 is 5.97 Å². The quantitative estimate of drug-likeness (QED) is 0.749. The third-order valence-corrected chi connectivity index (χ3v) is 3.23. The molecule has 1 heterocycles. The number of carboxylic acids is 1. The Morgan fingerprint density at radius 3 is 2.87 bits per heavy atom. The van der Waals surface area contributed by atoms with Crippen LogP contribution in [-0.2, 0) is 9.53 Å². The highest BCUT2D eigenvalue weighted by Crippen LogP contribution is 2.29. The average Bonchev–Trinajstić information content (AvgIpc) is 2.50. The first-order chi connectivity index (χ1) is 7.00. The Morgan fingerprint density at radius 2 is 2.33 bits per heavy atom. The third kappa shape index (κ3) is 2.69. The van der Waals surface area contributed by atoms with Gasteiger partial charge in [0.25, 0.3) is 0 Å². The smallest absolute Gasteiger partial charge is 0.323 e. The molecule has 4 heteroatoms. The summed E-state index contributed by atoms with van der Waals surface area (Å²) in [4.78, 5) is 13.3. The Balaban J connectivity index is 2.57. The largest absolute Gasteiger partial charge is 0.480 e. The third-order valence-electron chi connectivity index (χ3n) is 3.23. The van der Waals surface area contributed by atoms with Crippen LogP contribution in [0.3, 0.4) is 0 Å². The van der Waals surface area contributed by atoms with Crippen molar-refractivity contribution in [2.24, 2.45) is 5.92 Å². The van der Waals surface area contributed by atoms with Crippen LogP contribution in [0, 0.1) is 5.92 Å². The molecule has 0 aromatic rings. The summed E-state index contributed by atoms with van der Waals surface area (Å²) < 4.78 is 5.07. The van der Waals surface area contributed by atoms with E-state index in [0.717, 1.165) is 25.9 Å². The summed E-state index contributed by atoms with van der Waals surface area (Å²) >= 11 is 0. The summed E-state index contributed by atoms with van der Waals surface area (Å²) in [6.45, 7) is 6.28. The van der Waals surface area contributed by atoms with Crippen molar-refractivity contribution in [2.45, 2.75) is 32.2 Å². The van der Waals surface area contributed by atoms with E-state index in [1.807, 2.05) is 6.92 Å². The molecule has 2 atom stereocenters. The number of carboxylic acid groups (broad SMARTS) is 1. The van der Waals surface area contributed by atoms with Crippen molar-refractivity contribution < 1.29 is 14.6 Å². The molecule has 0 radical (unpaired) electrons. The molecular weight excluding hydrogens is 194 g/mol. The lowest BCUT2D eigenvalue weighted by Crippen LogP contribution is -2.49. The minimum absolute atomic E-state index is 0.381. The van der Waals surface area contributed by atoms with Crippen LogP contribution in [0.5, 0.6) is 0 Å². The summed E-state index contributed by atoms with van der Waals surface area (Å²) in [6.07, 6.45) is 1.73. The molecule has 0 spiro atoms. The van der Waals surface area contributed by atoms with Crippen molar-refractivity contribution in [3.63, 3.8) is 0 Å². The Kier molecular flexibility index (Phi) is 4.11.